The fourth-order valence-corrected chi connectivity index (χ4v) is 2.75. The second-order valence-electron chi connectivity index (χ2n) is 5.56. The SMILES string of the molecule is Cc1ccc(C(N)=O)c(N2CCC(C)CC2C(=O)O)c1. The average molecular weight is 276 g/mol. The average Bonchev–Trinajstić information content (AvgIpc) is 2.38. The zero-order valence-electron chi connectivity index (χ0n) is 11.8. The molecule has 5 heteroatoms. The standard InChI is InChI=1S/C15H20N2O3/c1-9-3-4-11(14(16)18)12(7-9)17-6-5-10(2)8-13(17)15(19)20/h3-4,7,10,13H,5-6,8H2,1-2H3,(H2,16,18)(H,19,20). The Morgan fingerprint density at radius 1 is 1.40 bits per heavy atom. The van der Waals surface area contributed by atoms with Crippen molar-refractivity contribution in [2.24, 2.45) is 11.7 Å². The van der Waals surface area contributed by atoms with Crippen LogP contribution < -0.4 is 10.6 Å². The number of hydrogen-bond acceptors (Lipinski definition) is 3. The van der Waals surface area contributed by atoms with Crippen LogP contribution in [0.15, 0.2) is 18.2 Å². The molecule has 0 aliphatic carbocycles. The molecule has 0 saturated carbocycles. The van der Waals surface area contributed by atoms with Gasteiger partial charge in [0, 0.05) is 6.54 Å². The van der Waals surface area contributed by atoms with E-state index in [1.807, 2.05) is 19.1 Å². The third-order valence-corrected chi connectivity index (χ3v) is 3.88. The highest BCUT2D eigenvalue weighted by molar-refractivity contribution is 5.99. The predicted octanol–water partition coefficient (Wildman–Crippen LogP) is 1.78. The van der Waals surface area contributed by atoms with E-state index in [2.05, 4.69) is 6.92 Å². The number of carboxylic acids is 1. The van der Waals surface area contributed by atoms with E-state index in [0.29, 0.717) is 30.1 Å². The van der Waals surface area contributed by atoms with Crippen molar-refractivity contribution in [2.45, 2.75) is 32.7 Å². The number of primary amides is 1. The number of aryl methyl sites for hydroxylation is 1. The maximum absolute atomic E-state index is 11.6. The molecule has 1 aromatic rings. The van der Waals surface area contributed by atoms with E-state index in [1.54, 1.807) is 11.0 Å². The summed E-state index contributed by atoms with van der Waals surface area (Å²) < 4.78 is 0. The Kier molecular flexibility index (Phi) is 3.97. The zero-order chi connectivity index (χ0) is 14.9. The lowest BCUT2D eigenvalue weighted by Gasteiger charge is -2.38. The first-order valence-electron chi connectivity index (χ1n) is 6.80. The number of carboxylic acid groups (broad SMARTS) is 1. The van der Waals surface area contributed by atoms with Gasteiger partial charge in [0.15, 0.2) is 0 Å². The minimum Gasteiger partial charge on any atom is -0.480 e. The number of aliphatic carboxylic acids is 1. The van der Waals surface area contributed by atoms with E-state index < -0.39 is 17.9 Å². The molecule has 0 aromatic heterocycles. The first-order chi connectivity index (χ1) is 9.40. The van der Waals surface area contributed by atoms with Crippen molar-refractivity contribution in [1.29, 1.82) is 0 Å². The van der Waals surface area contributed by atoms with E-state index >= 15 is 0 Å². The van der Waals surface area contributed by atoms with Crippen LogP contribution >= 0.6 is 0 Å². The molecule has 1 saturated heterocycles. The van der Waals surface area contributed by atoms with Crippen molar-refractivity contribution < 1.29 is 14.7 Å². The summed E-state index contributed by atoms with van der Waals surface area (Å²) in [6.45, 7) is 4.59. The molecule has 2 rings (SSSR count). The number of amides is 1. The summed E-state index contributed by atoms with van der Waals surface area (Å²) in [5, 5.41) is 9.43. The molecule has 0 spiro atoms. The van der Waals surface area contributed by atoms with Crippen molar-refractivity contribution in [3.63, 3.8) is 0 Å². The molecule has 5 nitrogen and oxygen atoms in total. The molecular weight excluding hydrogens is 256 g/mol. The van der Waals surface area contributed by atoms with Crippen LogP contribution in [0.5, 0.6) is 0 Å². The molecule has 1 amide bonds. The molecule has 0 radical (unpaired) electrons. The number of nitrogens with zero attached hydrogens (tertiary/aromatic N) is 1. The second-order valence-corrected chi connectivity index (χ2v) is 5.56. The molecule has 1 aromatic carbocycles. The Labute approximate surface area is 118 Å². The van der Waals surface area contributed by atoms with Gasteiger partial charge in [0.25, 0.3) is 5.91 Å². The molecule has 1 aliphatic heterocycles. The summed E-state index contributed by atoms with van der Waals surface area (Å²) in [6, 6.07) is 4.72. The van der Waals surface area contributed by atoms with E-state index in [0.717, 1.165) is 12.0 Å². The molecule has 0 bridgehead atoms. The third-order valence-electron chi connectivity index (χ3n) is 3.88. The van der Waals surface area contributed by atoms with Crippen LogP contribution in [0.1, 0.15) is 35.7 Å². The van der Waals surface area contributed by atoms with Crippen LogP contribution in [-0.2, 0) is 4.79 Å². The molecule has 1 heterocycles. The smallest absolute Gasteiger partial charge is 0.326 e. The van der Waals surface area contributed by atoms with Crippen LogP contribution in [0, 0.1) is 12.8 Å². The minimum atomic E-state index is -0.853. The van der Waals surface area contributed by atoms with E-state index in [1.165, 1.54) is 0 Å². The molecule has 1 fully saturated rings. The first-order valence-corrected chi connectivity index (χ1v) is 6.80. The molecule has 2 unspecified atom stereocenters. The highest BCUT2D eigenvalue weighted by atomic mass is 16.4. The fraction of sp³-hybridized carbons (Fsp3) is 0.467. The summed E-state index contributed by atoms with van der Waals surface area (Å²) in [6.07, 6.45) is 1.50. The Morgan fingerprint density at radius 3 is 2.70 bits per heavy atom. The van der Waals surface area contributed by atoms with Crippen LogP contribution in [0.25, 0.3) is 0 Å². The highest BCUT2D eigenvalue weighted by Gasteiger charge is 2.33. The van der Waals surface area contributed by atoms with Gasteiger partial charge in [-0.3, -0.25) is 4.79 Å². The number of piperidine rings is 1. The van der Waals surface area contributed by atoms with Gasteiger partial charge in [0.05, 0.1) is 11.3 Å². The number of hydrogen-bond donors (Lipinski definition) is 2. The Bertz CT molecular complexity index is 542. The summed E-state index contributed by atoms with van der Waals surface area (Å²) in [5.41, 5.74) is 7.41. The third kappa shape index (κ3) is 2.76. The summed E-state index contributed by atoms with van der Waals surface area (Å²) in [4.78, 5) is 24.9. The van der Waals surface area contributed by atoms with Gasteiger partial charge in [-0.05, 0) is 43.4 Å². The zero-order valence-corrected chi connectivity index (χ0v) is 11.8. The van der Waals surface area contributed by atoms with Crippen molar-refractivity contribution in [2.75, 3.05) is 11.4 Å². The second kappa shape index (κ2) is 5.53. The van der Waals surface area contributed by atoms with Crippen LogP contribution in [0.3, 0.4) is 0 Å². The molecule has 1 aliphatic rings. The minimum absolute atomic E-state index is 0.370. The van der Waals surface area contributed by atoms with Crippen molar-refractivity contribution in [3.05, 3.63) is 29.3 Å². The summed E-state index contributed by atoms with van der Waals surface area (Å²) in [5.74, 6) is -1.01. The monoisotopic (exact) mass is 276 g/mol. The normalized spacial score (nSPS) is 22.6. The van der Waals surface area contributed by atoms with Crippen LogP contribution in [0.2, 0.25) is 0 Å². The van der Waals surface area contributed by atoms with Crippen molar-refractivity contribution in [1.82, 2.24) is 0 Å². The van der Waals surface area contributed by atoms with Gasteiger partial charge < -0.3 is 15.7 Å². The number of anilines is 1. The van der Waals surface area contributed by atoms with Gasteiger partial charge in [-0.1, -0.05) is 13.0 Å². The number of benzene rings is 1. The first kappa shape index (κ1) is 14.4. The number of nitrogens with two attached hydrogens (primary N) is 1. The molecule has 3 N–H and O–H groups in total. The van der Waals surface area contributed by atoms with Gasteiger partial charge in [-0.15, -0.1) is 0 Å². The van der Waals surface area contributed by atoms with Gasteiger partial charge in [-0.2, -0.15) is 0 Å². The Balaban J connectivity index is 2.45. The van der Waals surface area contributed by atoms with Crippen LogP contribution in [0.4, 0.5) is 5.69 Å². The number of carbonyl (C=O) groups excluding carboxylic acids is 1. The maximum atomic E-state index is 11.6. The van der Waals surface area contributed by atoms with Gasteiger partial charge in [0.2, 0.25) is 0 Å². The highest BCUT2D eigenvalue weighted by Crippen LogP contribution is 2.31. The molecule has 20 heavy (non-hydrogen) atoms. The van der Waals surface area contributed by atoms with Crippen molar-refractivity contribution in [3.8, 4) is 0 Å². The van der Waals surface area contributed by atoms with E-state index in [4.69, 9.17) is 5.73 Å². The van der Waals surface area contributed by atoms with Crippen molar-refractivity contribution >= 4 is 17.6 Å². The van der Waals surface area contributed by atoms with Gasteiger partial charge in [0.1, 0.15) is 6.04 Å². The summed E-state index contributed by atoms with van der Waals surface area (Å²) >= 11 is 0. The largest absolute Gasteiger partial charge is 0.480 e. The molecule has 2 atom stereocenters. The fourth-order valence-electron chi connectivity index (χ4n) is 2.75. The lowest BCUT2D eigenvalue weighted by Crippen LogP contribution is -2.47. The van der Waals surface area contributed by atoms with E-state index in [-0.39, 0.29) is 0 Å². The molecule has 108 valence electrons. The van der Waals surface area contributed by atoms with Gasteiger partial charge >= 0.3 is 5.97 Å². The number of carbonyl (C=O) groups is 2. The maximum Gasteiger partial charge on any atom is 0.326 e. The quantitative estimate of drug-likeness (QED) is 0.881. The summed E-state index contributed by atoms with van der Waals surface area (Å²) in [7, 11) is 0. The van der Waals surface area contributed by atoms with Gasteiger partial charge in [-0.25, -0.2) is 4.79 Å². The predicted molar refractivity (Wildman–Crippen MR) is 76.9 cm³/mol. The molecular formula is C15H20N2O3. The Hall–Kier alpha value is -2.04. The lowest BCUT2D eigenvalue weighted by molar-refractivity contribution is -0.139. The lowest BCUT2D eigenvalue weighted by atomic mass is 9.91. The van der Waals surface area contributed by atoms with Crippen LogP contribution in [-0.4, -0.2) is 29.6 Å². The number of rotatable bonds is 3. The topological polar surface area (TPSA) is 83.6 Å². The Morgan fingerprint density at radius 2 is 2.10 bits per heavy atom. The van der Waals surface area contributed by atoms with E-state index in [9.17, 15) is 14.7 Å².